The van der Waals surface area contributed by atoms with Crippen molar-refractivity contribution >= 4 is 15.9 Å². The Labute approximate surface area is 132 Å². The smallest absolute Gasteiger partial charge is 0.313 e. The largest absolute Gasteiger partial charge is 0.416 e. The van der Waals surface area contributed by atoms with Crippen molar-refractivity contribution in [1.82, 2.24) is 10.6 Å². The van der Waals surface area contributed by atoms with Gasteiger partial charge in [-0.15, -0.1) is 0 Å². The highest BCUT2D eigenvalue weighted by Gasteiger charge is 2.33. The van der Waals surface area contributed by atoms with Crippen molar-refractivity contribution in [2.24, 2.45) is 0 Å². The molecule has 0 unspecified atom stereocenters. The van der Waals surface area contributed by atoms with Crippen molar-refractivity contribution in [2.45, 2.75) is 45.5 Å². The summed E-state index contributed by atoms with van der Waals surface area (Å²) in [4.78, 5) is 0. The van der Waals surface area contributed by atoms with Crippen LogP contribution < -0.4 is 10.6 Å². The van der Waals surface area contributed by atoms with E-state index in [1.165, 1.54) is 6.07 Å². The number of hydrogen-bond donors (Lipinski definition) is 2. The molecule has 0 bridgehead atoms. The fraction of sp³-hybridized carbons (Fsp3) is 0.600. The van der Waals surface area contributed by atoms with Gasteiger partial charge in [-0.2, -0.15) is 13.2 Å². The molecule has 1 rings (SSSR count). The first-order chi connectivity index (χ1) is 9.59. The minimum Gasteiger partial charge on any atom is -0.313 e. The lowest BCUT2D eigenvalue weighted by molar-refractivity contribution is -0.138. The Morgan fingerprint density at radius 1 is 1.10 bits per heavy atom. The first-order valence-electron chi connectivity index (χ1n) is 6.91. The molecule has 1 aromatic rings. The zero-order valence-electron chi connectivity index (χ0n) is 12.6. The van der Waals surface area contributed by atoms with Gasteiger partial charge in [-0.1, -0.05) is 22.0 Å². The third-order valence-corrected chi connectivity index (χ3v) is 3.37. The maximum atomic E-state index is 12.9. The van der Waals surface area contributed by atoms with Crippen LogP contribution in [0.15, 0.2) is 22.7 Å². The summed E-state index contributed by atoms with van der Waals surface area (Å²) in [6.45, 7) is 7.98. The van der Waals surface area contributed by atoms with E-state index in [0.29, 0.717) is 11.0 Å². The SMILES string of the molecule is CC(C)(C)NCCCNCc1ccc(Br)cc1C(F)(F)F. The van der Waals surface area contributed by atoms with Crippen LogP contribution in [0.2, 0.25) is 0 Å². The first kappa shape index (κ1) is 18.5. The molecule has 0 spiro atoms. The second kappa shape index (κ2) is 7.61. The predicted octanol–water partition coefficient (Wildman–Crippen LogP) is 4.34. The van der Waals surface area contributed by atoms with E-state index in [1.807, 2.05) is 0 Å². The van der Waals surface area contributed by atoms with Gasteiger partial charge >= 0.3 is 6.18 Å². The van der Waals surface area contributed by atoms with Crippen LogP contribution in [0.1, 0.15) is 38.3 Å². The van der Waals surface area contributed by atoms with Gasteiger partial charge in [0.05, 0.1) is 5.56 Å². The number of hydrogen-bond acceptors (Lipinski definition) is 2. The molecule has 0 heterocycles. The third kappa shape index (κ3) is 7.29. The Kier molecular flexibility index (Phi) is 6.69. The minimum atomic E-state index is -4.32. The molecule has 1 aromatic carbocycles. The van der Waals surface area contributed by atoms with Gasteiger partial charge in [0.1, 0.15) is 0 Å². The molecule has 6 heteroatoms. The molecular formula is C15H22BrF3N2. The van der Waals surface area contributed by atoms with Crippen LogP contribution in [0.5, 0.6) is 0 Å². The monoisotopic (exact) mass is 366 g/mol. The molecule has 21 heavy (non-hydrogen) atoms. The summed E-state index contributed by atoms with van der Waals surface area (Å²) >= 11 is 3.08. The maximum Gasteiger partial charge on any atom is 0.416 e. The summed E-state index contributed by atoms with van der Waals surface area (Å²) in [6.07, 6.45) is -3.45. The van der Waals surface area contributed by atoms with Gasteiger partial charge in [0, 0.05) is 16.6 Å². The second-order valence-electron chi connectivity index (χ2n) is 6.01. The third-order valence-electron chi connectivity index (χ3n) is 2.88. The highest BCUT2D eigenvalue weighted by molar-refractivity contribution is 9.10. The number of halogens is 4. The van der Waals surface area contributed by atoms with Gasteiger partial charge in [-0.3, -0.25) is 0 Å². The van der Waals surface area contributed by atoms with Crippen molar-refractivity contribution in [3.05, 3.63) is 33.8 Å². The van der Waals surface area contributed by atoms with Crippen LogP contribution in [0, 0.1) is 0 Å². The standard InChI is InChI=1S/C15H22BrF3N2/c1-14(2,3)21-8-4-7-20-10-11-5-6-12(16)9-13(11)15(17,18)19/h5-6,9,20-21H,4,7-8,10H2,1-3H3. The molecule has 0 fully saturated rings. The van der Waals surface area contributed by atoms with E-state index in [2.05, 4.69) is 47.3 Å². The minimum absolute atomic E-state index is 0.0646. The van der Waals surface area contributed by atoms with E-state index in [1.54, 1.807) is 6.07 Å². The Balaban J connectivity index is 2.46. The zero-order valence-corrected chi connectivity index (χ0v) is 14.2. The molecule has 0 aliphatic heterocycles. The first-order valence-corrected chi connectivity index (χ1v) is 7.70. The highest BCUT2D eigenvalue weighted by Crippen LogP contribution is 2.33. The predicted molar refractivity (Wildman–Crippen MR) is 83.2 cm³/mol. The van der Waals surface area contributed by atoms with Gasteiger partial charge in [0.2, 0.25) is 0 Å². The summed E-state index contributed by atoms with van der Waals surface area (Å²) in [5.41, 5.74) is -0.249. The van der Waals surface area contributed by atoms with E-state index in [4.69, 9.17) is 0 Å². The lowest BCUT2D eigenvalue weighted by atomic mass is 10.1. The lowest BCUT2D eigenvalue weighted by Gasteiger charge is -2.20. The summed E-state index contributed by atoms with van der Waals surface area (Å²) in [7, 11) is 0. The zero-order chi connectivity index (χ0) is 16.1. The van der Waals surface area contributed by atoms with Gasteiger partial charge in [0.25, 0.3) is 0 Å². The molecule has 0 saturated heterocycles. The molecule has 0 aliphatic rings. The van der Waals surface area contributed by atoms with Gasteiger partial charge in [-0.05, 0) is 58.0 Å². The fourth-order valence-corrected chi connectivity index (χ4v) is 2.23. The molecule has 0 saturated carbocycles. The maximum absolute atomic E-state index is 12.9. The number of nitrogens with one attached hydrogen (secondary N) is 2. The molecule has 2 N–H and O–H groups in total. The molecule has 0 amide bonds. The average molecular weight is 367 g/mol. The van der Waals surface area contributed by atoms with Gasteiger partial charge in [-0.25, -0.2) is 0 Å². The van der Waals surface area contributed by atoms with Crippen LogP contribution in [0.3, 0.4) is 0 Å². The van der Waals surface area contributed by atoms with E-state index < -0.39 is 11.7 Å². The Morgan fingerprint density at radius 3 is 2.33 bits per heavy atom. The molecular weight excluding hydrogens is 345 g/mol. The molecule has 0 aliphatic carbocycles. The Bertz CT molecular complexity index is 453. The fourth-order valence-electron chi connectivity index (χ4n) is 1.87. The van der Waals surface area contributed by atoms with E-state index in [-0.39, 0.29) is 17.6 Å². The summed E-state index contributed by atoms with van der Waals surface area (Å²) in [6, 6.07) is 4.26. The molecule has 120 valence electrons. The molecule has 0 radical (unpaired) electrons. The number of rotatable bonds is 6. The Morgan fingerprint density at radius 2 is 1.76 bits per heavy atom. The van der Waals surface area contributed by atoms with Gasteiger partial charge < -0.3 is 10.6 Å². The van der Waals surface area contributed by atoms with Crippen molar-refractivity contribution in [3.63, 3.8) is 0 Å². The van der Waals surface area contributed by atoms with Crippen molar-refractivity contribution in [2.75, 3.05) is 13.1 Å². The Hall–Kier alpha value is -0.590. The summed E-state index contributed by atoms with van der Waals surface area (Å²) < 4.78 is 39.2. The van der Waals surface area contributed by atoms with Crippen LogP contribution in [0.25, 0.3) is 0 Å². The van der Waals surface area contributed by atoms with Crippen molar-refractivity contribution in [3.8, 4) is 0 Å². The highest BCUT2D eigenvalue weighted by atomic mass is 79.9. The summed E-state index contributed by atoms with van der Waals surface area (Å²) in [5.74, 6) is 0. The van der Waals surface area contributed by atoms with E-state index in [0.717, 1.165) is 19.0 Å². The summed E-state index contributed by atoms with van der Waals surface area (Å²) in [5, 5.41) is 6.40. The van der Waals surface area contributed by atoms with E-state index in [9.17, 15) is 13.2 Å². The topological polar surface area (TPSA) is 24.1 Å². The number of benzene rings is 1. The molecule has 0 aromatic heterocycles. The normalized spacial score (nSPS) is 12.7. The number of alkyl halides is 3. The van der Waals surface area contributed by atoms with Crippen LogP contribution in [-0.4, -0.2) is 18.6 Å². The molecule has 2 nitrogen and oxygen atoms in total. The van der Waals surface area contributed by atoms with Gasteiger partial charge in [0.15, 0.2) is 0 Å². The van der Waals surface area contributed by atoms with Crippen molar-refractivity contribution in [1.29, 1.82) is 0 Å². The van der Waals surface area contributed by atoms with E-state index >= 15 is 0 Å². The molecule has 0 atom stereocenters. The van der Waals surface area contributed by atoms with Crippen LogP contribution in [-0.2, 0) is 12.7 Å². The second-order valence-corrected chi connectivity index (χ2v) is 6.92. The average Bonchev–Trinajstić information content (AvgIpc) is 2.32. The lowest BCUT2D eigenvalue weighted by Crippen LogP contribution is -2.37. The quantitative estimate of drug-likeness (QED) is 0.732. The van der Waals surface area contributed by atoms with Crippen LogP contribution in [0.4, 0.5) is 13.2 Å². The van der Waals surface area contributed by atoms with Crippen LogP contribution >= 0.6 is 15.9 Å². The van der Waals surface area contributed by atoms with Crippen molar-refractivity contribution < 1.29 is 13.2 Å².